The molecule has 27 heavy (non-hydrogen) atoms. The van der Waals surface area contributed by atoms with Crippen molar-refractivity contribution >= 4 is 16.8 Å². The molecule has 2 aromatic carbocycles. The number of H-pyrrole nitrogens is 1. The number of benzene rings is 2. The van der Waals surface area contributed by atoms with E-state index < -0.39 is 0 Å². The monoisotopic (exact) mass is 361 g/mol. The van der Waals surface area contributed by atoms with Crippen LogP contribution in [0.4, 0.5) is 0 Å². The third-order valence-electron chi connectivity index (χ3n) is 4.52. The summed E-state index contributed by atoms with van der Waals surface area (Å²) in [7, 11) is 0. The van der Waals surface area contributed by atoms with Crippen molar-refractivity contribution < 1.29 is 4.79 Å². The molecule has 6 heteroatoms. The molecule has 0 saturated carbocycles. The summed E-state index contributed by atoms with van der Waals surface area (Å²) < 4.78 is 0. The minimum absolute atomic E-state index is 0.0927. The van der Waals surface area contributed by atoms with Crippen molar-refractivity contribution in [2.75, 3.05) is 13.1 Å². The molecular formula is C21H23N5O. The maximum atomic E-state index is 12.4. The third kappa shape index (κ3) is 4.53. The molecule has 0 spiro atoms. The minimum atomic E-state index is -0.172. The molecule has 0 aliphatic rings. The Balaban J connectivity index is 1.73. The molecule has 0 aliphatic carbocycles. The van der Waals surface area contributed by atoms with E-state index in [0.29, 0.717) is 24.3 Å². The molecule has 0 unspecified atom stereocenters. The van der Waals surface area contributed by atoms with Crippen LogP contribution >= 0.6 is 0 Å². The number of nitrogens with one attached hydrogen (secondary N) is 2. The van der Waals surface area contributed by atoms with Crippen LogP contribution in [0.15, 0.2) is 48.5 Å². The molecule has 6 nitrogen and oxygen atoms in total. The zero-order valence-corrected chi connectivity index (χ0v) is 15.0. The first kappa shape index (κ1) is 18.6. The molecular weight excluding hydrogens is 338 g/mol. The van der Waals surface area contributed by atoms with E-state index in [2.05, 4.69) is 16.4 Å². The molecule has 0 aliphatic heterocycles. The zero-order valence-electron chi connectivity index (χ0n) is 15.0. The Kier molecular flexibility index (Phi) is 5.87. The lowest BCUT2D eigenvalue weighted by atomic mass is 10.0. The van der Waals surface area contributed by atoms with Crippen molar-refractivity contribution in [1.29, 1.82) is 5.26 Å². The molecule has 3 aromatic rings. The van der Waals surface area contributed by atoms with Gasteiger partial charge in [-0.15, -0.1) is 0 Å². The molecule has 0 radical (unpaired) electrons. The van der Waals surface area contributed by atoms with Gasteiger partial charge in [-0.1, -0.05) is 24.3 Å². The second-order valence-electron chi connectivity index (χ2n) is 6.58. The van der Waals surface area contributed by atoms with Crippen LogP contribution in [0.3, 0.4) is 0 Å². The number of fused-ring (bicyclic) bond motifs is 1. The molecule has 1 amide bonds. The number of nitriles is 1. The summed E-state index contributed by atoms with van der Waals surface area (Å²) >= 11 is 0. The van der Waals surface area contributed by atoms with Crippen molar-refractivity contribution in [3.63, 3.8) is 0 Å². The van der Waals surface area contributed by atoms with E-state index in [0.717, 1.165) is 34.9 Å². The van der Waals surface area contributed by atoms with Gasteiger partial charge in [0.25, 0.3) is 5.91 Å². The van der Waals surface area contributed by atoms with Gasteiger partial charge in [0.1, 0.15) is 5.69 Å². The lowest BCUT2D eigenvalue weighted by Gasteiger charge is -2.11. The molecule has 138 valence electrons. The number of hydrogen-bond donors (Lipinski definition) is 4. The van der Waals surface area contributed by atoms with Gasteiger partial charge in [0.05, 0.1) is 11.6 Å². The predicted octanol–water partition coefficient (Wildman–Crippen LogP) is 2.50. The van der Waals surface area contributed by atoms with E-state index in [9.17, 15) is 4.79 Å². The van der Waals surface area contributed by atoms with Gasteiger partial charge in [-0.3, -0.25) is 4.79 Å². The molecule has 3 rings (SSSR count). The summed E-state index contributed by atoms with van der Waals surface area (Å²) in [4.78, 5) is 15.5. The molecule has 1 atom stereocenters. The Bertz CT molecular complexity index is 968. The number of carbonyl (C=O) groups excluding carboxylic acids is 1. The fourth-order valence-electron chi connectivity index (χ4n) is 2.97. The SMILES string of the molecule is N#Cc1ccc(-c2ccc3cc(C(=O)NC[C@H](N)CCCN)[nH]c3c2)cc1. The van der Waals surface area contributed by atoms with Crippen molar-refractivity contribution in [3.8, 4) is 17.2 Å². The highest BCUT2D eigenvalue weighted by Gasteiger charge is 2.11. The van der Waals surface area contributed by atoms with Crippen LogP contribution in [0, 0.1) is 11.3 Å². The summed E-state index contributed by atoms with van der Waals surface area (Å²) in [5.41, 5.74) is 15.5. The van der Waals surface area contributed by atoms with Crippen LogP contribution in [-0.4, -0.2) is 30.0 Å². The van der Waals surface area contributed by atoms with Gasteiger partial charge in [-0.2, -0.15) is 5.26 Å². The Hall–Kier alpha value is -3.14. The number of amides is 1. The lowest BCUT2D eigenvalue weighted by molar-refractivity contribution is 0.0946. The number of aromatic amines is 1. The third-order valence-corrected chi connectivity index (χ3v) is 4.52. The Morgan fingerprint density at radius 1 is 1.15 bits per heavy atom. The van der Waals surface area contributed by atoms with Gasteiger partial charge in [0.2, 0.25) is 0 Å². The highest BCUT2D eigenvalue weighted by molar-refractivity contribution is 5.98. The van der Waals surface area contributed by atoms with Crippen LogP contribution in [0.1, 0.15) is 28.9 Å². The van der Waals surface area contributed by atoms with Gasteiger partial charge < -0.3 is 21.8 Å². The normalized spacial score (nSPS) is 11.9. The maximum Gasteiger partial charge on any atom is 0.267 e. The summed E-state index contributed by atoms with van der Waals surface area (Å²) in [6.45, 7) is 1.02. The summed E-state index contributed by atoms with van der Waals surface area (Å²) in [6.07, 6.45) is 1.64. The Labute approximate surface area is 158 Å². The van der Waals surface area contributed by atoms with Crippen LogP contribution in [0.2, 0.25) is 0 Å². The number of aromatic nitrogens is 1. The van der Waals surface area contributed by atoms with Crippen LogP contribution < -0.4 is 16.8 Å². The van der Waals surface area contributed by atoms with E-state index in [-0.39, 0.29) is 11.9 Å². The molecule has 1 aromatic heterocycles. The van der Waals surface area contributed by atoms with Crippen LogP contribution in [-0.2, 0) is 0 Å². The highest BCUT2D eigenvalue weighted by Crippen LogP contribution is 2.25. The molecule has 6 N–H and O–H groups in total. The number of nitrogens with two attached hydrogens (primary N) is 2. The zero-order chi connectivity index (χ0) is 19.2. The van der Waals surface area contributed by atoms with E-state index in [1.807, 2.05) is 36.4 Å². The summed E-state index contributed by atoms with van der Waals surface area (Å²) in [5, 5.41) is 12.7. The predicted molar refractivity (Wildman–Crippen MR) is 107 cm³/mol. The quantitative estimate of drug-likeness (QED) is 0.516. The van der Waals surface area contributed by atoms with E-state index in [1.54, 1.807) is 12.1 Å². The molecule has 1 heterocycles. The number of nitrogens with zero attached hydrogens (tertiary/aromatic N) is 1. The van der Waals surface area contributed by atoms with E-state index in [1.165, 1.54) is 0 Å². The van der Waals surface area contributed by atoms with Gasteiger partial charge in [0, 0.05) is 23.5 Å². The van der Waals surface area contributed by atoms with Crippen molar-refractivity contribution in [3.05, 3.63) is 59.8 Å². The van der Waals surface area contributed by atoms with E-state index >= 15 is 0 Å². The number of carbonyl (C=O) groups is 1. The molecule has 0 saturated heterocycles. The van der Waals surface area contributed by atoms with Gasteiger partial charge in [0.15, 0.2) is 0 Å². The summed E-state index contributed by atoms with van der Waals surface area (Å²) in [6, 6.07) is 17.3. The second-order valence-corrected chi connectivity index (χ2v) is 6.58. The number of hydrogen-bond acceptors (Lipinski definition) is 4. The Morgan fingerprint density at radius 2 is 1.89 bits per heavy atom. The highest BCUT2D eigenvalue weighted by atomic mass is 16.1. The fourth-order valence-corrected chi connectivity index (χ4v) is 2.97. The maximum absolute atomic E-state index is 12.4. The first-order valence-electron chi connectivity index (χ1n) is 8.98. The standard InChI is InChI=1S/C21H23N5O/c22-9-1-2-18(24)13-25-21(27)20-11-17-8-7-16(10-19(17)26-20)15-5-3-14(12-23)4-6-15/h3-8,10-11,18,26H,1-2,9,13,22,24H2,(H,25,27)/t18-/m1/s1. The van der Waals surface area contributed by atoms with Crippen molar-refractivity contribution in [2.24, 2.45) is 11.5 Å². The van der Waals surface area contributed by atoms with Crippen LogP contribution in [0.5, 0.6) is 0 Å². The van der Waals surface area contributed by atoms with Gasteiger partial charge >= 0.3 is 0 Å². The topological polar surface area (TPSA) is 121 Å². The molecule has 0 bridgehead atoms. The van der Waals surface area contributed by atoms with E-state index in [4.69, 9.17) is 16.7 Å². The largest absolute Gasteiger partial charge is 0.351 e. The van der Waals surface area contributed by atoms with Gasteiger partial charge in [-0.05, 0) is 54.8 Å². The summed E-state index contributed by atoms with van der Waals surface area (Å²) in [5.74, 6) is -0.172. The first-order valence-corrected chi connectivity index (χ1v) is 8.98. The average molecular weight is 361 g/mol. The van der Waals surface area contributed by atoms with Crippen molar-refractivity contribution in [1.82, 2.24) is 10.3 Å². The van der Waals surface area contributed by atoms with Crippen LogP contribution in [0.25, 0.3) is 22.0 Å². The first-order chi connectivity index (χ1) is 13.1. The van der Waals surface area contributed by atoms with Gasteiger partial charge in [-0.25, -0.2) is 0 Å². The fraction of sp³-hybridized carbons (Fsp3) is 0.238. The smallest absolute Gasteiger partial charge is 0.267 e. The second kappa shape index (κ2) is 8.49. The number of rotatable bonds is 7. The average Bonchev–Trinajstić information content (AvgIpc) is 3.14. The van der Waals surface area contributed by atoms with Crippen molar-refractivity contribution in [2.45, 2.75) is 18.9 Å². The molecule has 0 fully saturated rings. The Morgan fingerprint density at radius 3 is 2.59 bits per heavy atom. The lowest BCUT2D eigenvalue weighted by Crippen LogP contribution is -2.37. The minimum Gasteiger partial charge on any atom is -0.351 e.